The SMILES string of the molecule is C=C(C)C(=O)N[C@@H](CC(=O)O)Cc1cccs1. The first-order valence-electron chi connectivity index (χ1n) is 5.19. The minimum absolute atomic E-state index is 0.0864. The molecule has 0 fully saturated rings. The highest BCUT2D eigenvalue weighted by molar-refractivity contribution is 7.09. The fraction of sp³-hybridized carbons (Fsp3) is 0.333. The van der Waals surface area contributed by atoms with Crippen molar-refractivity contribution in [1.82, 2.24) is 5.32 Å². The molecule has 2 N–H and O–H groups in total. The Morgan fingerprint density at radius 1 is 1.59 bits per heavy atom. The molecule has 0 aliphatic rings. The first-order valence-corrected chi connectivity index (χ1v) is 6.07. The summed E-state index contributed by atoms with van der Waals surface area (Å²) in [6.45, 7) is 5.12. The highest BCUT2D eigenvalue weighted by atomic mass is 32.1. The third-order valence-electron chi connectivity index (χ3n) is 2.17. The van der Waals surface area contributed by atoms with Crippen LogP contribution in [0.1, 0.15) is 18.2 Å². The lowest BCUT2D eigenvalue weighted by molar-refractivity contribution is -0.137. The number of carboxylic acid groups (broad SMARTS) is 1. The fourth-order valence-corrected chi connectivity index (χ4v) is 2.15. The standard InChI is InChI=1S/C12H15NO3S/c1-8(2)12(16)13-9(7-11(14)15)6-10-4-3-5-17-10/h3-5,9H,1,6-7H2,2H3,(H,13,16)(H,14,15)/t9-/m1/s1. The van der Waals surface area contributed by atoms with Crippen molar-refractivity contribution in [3.63, 3.8) is 0 Å². The fourth-order valence-electron chi connectivity index (χ4n) is 1.37. The zero-order valence-electron chi connectivity index (χ0n) is 9.60. The van der Waals surface area contributed by atoms with Gasteiger partial charge in [-0.15, -0.1) is 11.3 Å². The van der Waals surface area contributed by atoms with Crippen LogP contribution < -0.4 is 5.32 Å². The Balaban J connectivity index is 2.63. The van der Waals surface area contributed by atoms with E-state index in [1.807, 2.05) is 17.5 Å². The topological polar surface area (TPSA) is 66.4 Å². The lowest BCUT2D eigenvalue weighted by atomic mass is 10.1. The quantitative estimate of drug-likeness (QED) is 0.760. The Kier molecular flexibility index (Phi) is 4.90. The molecule has 5 heteroatoms. The molecule has 4 nitrogen and oxygen atoms in total. The predicted octanol–water partition coefficient (Wildman–Crippen LogP) is 1.83. The molecule has 0 radical (unpaired) electrons. The predicted molar refractivity (Wildman–Crippen MR) is 67.0 cm³/mol. The van der Waals surface area contributed by atoms with Crippen LogP contribution in [0.3, 0.4) is 0 Å². The van der Waals surface area contributed by atoms with Gasteiger partial charge in [-0.2, -0.15) is 0 Å². The molecule has 17 heavy (non-hydrogen) atoms. The molecule has 1 aromatic rings. The Morgan fingerprint density at radius 3 is 2.76 bits per heavy atom. The van der Waals surface area contributed by atoms with E-state index in [1.165, 1.54) is 0 Å². The van der Waals surface area contributed by atoms with Gasteiger partial charge in [0, 0.05) is 22.9 Å². The molecule has 1 rings (SSSR count). The van der Waals surface area contributed by atoms with Crippen molar-refractivity contribution >= 4 is 23.2 Å². The van der Waals surface area contributed by atoms with E-state index in [-0.39, 0.29) is 12.3 Å². The summed E-state index contributed by atoms with van der Waals surface area (Å²) >= 11 is 1.55. The van der Waals surface area contributed by atoms with Gasteiger partial charge < -0.3 is 10.4 Å². The second-order valence-electron chi connectivity index (χ2n) is 3.83. The van der Waals surface area contributed by atoms with Crippen molar-refractivity contribution in [3.8, 4) is 0 Å². The number of carbonyl (C=O) groups excluding carboxylic acids is 1. The van der Waals surface area contributed by atoms with Gasteiger partial charge in [0.05, 0.1) is 6.42 Å². The van der Waals surface area contributed by atoms with Crippen molar-refractivity contribution in [1.29, 1.82) is 0 Å². The van der Waals surface area contributed by atoms with Gasteiger partial charge in [-0.1, -0.05) is 12.6 Å². The monoisotopic (exact) mass is 253 g/mol. The Labute approximate surface area is 104 Å². The minimum atomic E-state index is -0.923. The summed E-state index contributed by atoms with van der Waals surface area (Å²) in [5, 5.41) is 13.4. The van der Waals surface area contributed by atoms with Crippen LogP contribution in [0, 0.1) is 0 Å². The maximum absolute atomic E-state index is 11.5. The molecule has 1 heterocycles. The lowest BCUT2D eigenvalue weighted by Crippen LogP contribution is -2.38. The van der Waals surface area contributed by atoms with Crippen LogP contribution in [0.5, 0.6) is 0 Å². The summed E-state index contributed by atoms with van der Waals surface area (Å²) < 4.78 is 0. The number of nitrogens with one attached hydrogen (secondary N) is 1. The molecular weight excluding hydrogens is 238 g/mol. The van der Waals surface area contributed by atoms with E-state index in [2.05, 4.69) is 11.9 Å². The van der Waals surface area contributed by atoms with Crippen molar-refractivity contribution in [3.05, 3.63) is 34.5 Å². The lowest BCUT2D eigenvalue weighted by Gasteiger charge is -2.16. The largest absolute Gasteiger partial charge is 0.481 e. The summed E-state index contributed by atoms with van der Waals surface area (Å²) in [5.41, 5.74) is 0.381. The van der Waals surface area contributed by atoms with Gasteiger partial charge in [0.15, 0.2) is 0 Å². The maximum atomic E-state index is 11.5. The zero-order valence-corrected chi connectivity index (χ0v) is 10.4. The molecule has 1 amide bonds. The smallest absolute Gasteiger partial charge is 0.305 e. The van der Waals surface area contributed by atoms with E-state index in [0.717, 1.165) is 4.88 Å². The number of amides is 1. The second-order valence-corrected chi connectivity index (χ2v) is 4.86. The molecular formula is C12H15NO3S. The molecule has 0 unspecified atom stereocenters. The van der Waals surface area contributed by atoms with Gasteiger partial charge >= 0.3 is 5.97 Å². The molecule has 0 saturated carbocycles. The van der Waals surface area contributed by atoms with Gasteiger partial charge in [-0.05, 0) is 18.4 Å². The average Bonchev–Trinajstić information content (AvgIpc) is 2.68. The first kappa shape index (κ1) is 13.4. The summed E-state index contributed by atoms with van der Waals surface area (Å²) in [4.78, 5) is 23.2. The highest BCUT2D eigenvalue weighted by Gasteiger charge is 2.17. The van der Waals surface area contributed by atoms with E-state index in [1.54, 1.807) is 18.3 Å². The molecule has 0 aliphatic carbocycles. The summed E-state index contributed by atoms with van der Waals surface area (Å²) in [7, 11) is 0. The Bertz CT molecular complexity index is 411. The van der Waals surface area contributed by atoms with E-state index in [9.17, 15) is 9.59 Å². The van der Waals surface area contributed by atoms with Gasteiger partial charge in [0.25, 0.3) is 0 Å². The van der Waals surface area contributed by atoms with Crippen LogP contribution in [0.15, 0.2) is 29.7 Å². The third-order valence-corrected chi connectivity index (χ3v) is 3.07. The van der Waals surface area contributed by atoms with Crippen LogP contribution in [0.25, 0.3) is 0 Å². The molecule has 0 aromatic carbocycles. The van der Waals surface area contributed by atoms with Crippen molar-refractivity contribution in [2.75, 3.05) is 0 Å². The Hall–Kier alpha value is -1.62. The average molecular weight is 253 g/mol. The molecule has 1 aromatic heterocycles. The van der Waals surface area contributed by atoms with Crippen LogP contribution in [0.4, 0.5) is 0 Å². The zero-order chi connectivity index (χ0) is 12.8. The number of rotatable bonds is 6. The highest BCUT2D eigenvalue weighted by Crippen LogP contribution is 2.13. The van der Waals surface area contributed by atoms with E-state index in [0.29, 0.717) is 12.0 Å². The number of hydrogen-bond donors (Lipinski definition) is 2. The van der Waals surface area contributed by atoms with Crippen LogP contribution in [-0.2, 0) is 16.0 Å². The minimum Gasteiger partial charge on any atom is -0.481 e. The van der Waals surface area contributed by atoms with Crippen LogP contribution >= 0.6 is 11.3 Å². The summed E-state index contributed by atoms with van der Waals surface area (Å²) in [6.07, 6.45) is 0.444. The molecule has 0 spiro atoms. The maximum Gasteiger partial charge on any atom is 0.305 e. The van der Waals surface area contributed by atoms with Gasteiger partial charge in [0.1, 0.15) is 0 Å². The number of thiophene rings is 1. The van der Waals surface area contributed by atoms with Crippen molar-refractivity contribution in [2.45, 2.75) is 25.8 Å². The summed E-state index contributed by atoms with van der Waals surface area (Å²) in [6, 6.07) is 3.43. The number of hydrogen-bond acceptors (Lipinski definition) is 3. The van der Waals surface area contributed by atoms with Gasteiger partial charge in [0.2, 0.25) is 5.91 Å². The van der Waals surface area contributed by atoms with Gasteiger partial charge in [-0.3, -0.25) is 9.59 Å². The second kappa shape index (κ2) is 6.20. The van der Waals surface area contributed by atoms with E-state index < -0.39 is 12.0 Å². The van der Waals surface area contributed by atoms with E-state index >= 15 is 0 Å². The molecule has 0 aliphatic heterocycles. The van der Waals surface area contributed by atoms with Crippen molar-refractivity contribution in [2.24, 2.45) is 0 Å². The van der Waals surface area contributed by atoms with Crippen LogP contribution in [0.2, 0.25) is 0 Å². The third kappa shape index (κ3) is 4.82. The number of carboxylic acids is 1. The number of aliphatic carboxylic acids is 1. The van der Waals surface area contributed by atoms with E-state index in [4.69, 9.17) is 5.11 Å². The summed E-state index contributed by atoms with van der Waals surface area (Å²) in [5.74, 6) is -1.22. The van der Waals surface area contributed by atoms with Crippen LogP contribution in [-0.4, -0.2) is 23.0 Å². The molecule has 0 saturated heterocycles. The Morgan fingerprint density at radius 2 is 2.29 bits per heavy atom. The molecule has 1 atom stereocenters. The first-order chi connectivity index (χ1) is 7.99. The van der Waals surface area contributed by atoms with Gasteiger partial charge in [-0.25, -0.2) is 0 Å². The number of carbonyl (C=O) groups is 2. The normalized spacial score (nSPS) is 11.8. The molecule has 92 valence electrons. The van der Waals surface area contributed by atoms with Crippen molar-refractivity contribution < 1.29 is 14.7 Å². The molecule has 0 bridgehead atoms.